The van der Waals surface area contributed by atoms with Gasteiger partial charge in [0.2, 0.25) is 0 Å². The van der Waals surface area contributed by atoms with Gasteiger partial charge in [0.15, 0.2) is 0 Å². The number of carbonyl (C=O) groups is 2. The van der Waals surface area contributed by atoms with E-state index < -0.39 is 17.1 Å². The van der Waals surface area contributed by atoms with Crippen molar-refractivity contribution < 1.29 is 24.2 Å². The molecular weight excluding hydrogens is 358 g/mol. The van der Waals surface area contributed by atoms with Crippen LogP contribution in [0.5, 0.6) is 0 Å². The molecule has 0 aromatic carbocycles. The van der Waals surface area contributed by atoms with Gasteiger partial charge < -0.3 is 19.5 Å². The first-order chi connectivity index (χ1) is 12.8. The van der Waals surface area contributed by atoms with Crippen LogP contribution >= 0.6 is 0 Å². The van der Waals surface area contributed by atoms with E-state index in [1.807, 2.05) is 48.5 Å². The standard InChI is InChI=1S/C22H33NO5/c1-9-15-17(11-27-19(15)25)14(3)13(2)16-10-23(12-22(7,8)18(16)24)20(26)28-21(4,5)6/h9,16,18,24H,1,10-12H2,2-8H3/b14-13+. The fraction of sp³-hybridized carbons (Fsp3) is 0.636. The summed E-state index contributed by atoms with van der Waals surface area (Å²) < 4.78 is 10.7. The number of hydrogen-bond acceptors (Lipinski definition) is 5. The number of ether oxygens (including phenoxy) is 2. The summed E-state index contributed by atoms with van der Waals surface area (Å²) in [7, 11) is 0. The summed E-state index contributed by atoms with van der Waals surface area (Å²) in [5.41, 5.74) is 1.99. The van der Waals surface area contributed by atoms with Crippen molar-refractivity contribution in [2.24, 2.45) is 11.3 Å². The number of hydrogen-bond donors (Lipinski definition) is 1. The van der Waals surface area contributed by atoms with Gasteiger partial charge in [0, 0.05) is 30.0 Å². The summed E-state index contributed by atoms with van der Waals surface area (Å²) in [5, 5.41) is 11.0. The second-order valence-electron chi connectivity index (χ2n) is 9.38. The van der Waals surface area contributed by atoms with Gasteiger partial charge in [-0.15, -0.1) is 0 Å². The molecule has 0 aromatic heterocycles. The highest BCUT2D eigenvalue weighted by atomic mass is 16.6. The lowest BCUT2D eigenvalue weighted by Crippen LogP contribution is -2.56. The fourth-order valence-corrected chi connectivity index (χ4v) is 3.82. The molecule has 1 fully saturated rings. The minimum absolute atomic E-state index is 0.200. The van der Waals surface area contributed by atoms with Crippen LogP contribution in [0, 0.1) is 11.3 Å². The maximum atomic E-state index is 12.7. The molecule has 2 unspecified atom stereocenters. The lowest BCUT2D eigenvalue weighted by molar-refractivity contribution is -0.135. The Morgan fingerprint density at radius 1 is 1.36 bits per heavy atom. The molecule has 2 heterocycles. The van der Waals surface area contributed by atoms with Crippen LogP contribution in [0.2, 0.25) is 0 Å². The molecule has 0 aromatic rings. The molecule has 28 heavy (non-hydrogen) atoms. The first-order valence-corrected chi connectivity index (χ1v) is 9.65. The highest BCUT2D eigenvalue weighted by molar-refractivity contribution is 5.95. The normalized spacial score (nSPS) is 26.0. The van der Waals surface area contributed by atoms with E-state index in [0.29, 0.717) is 18.7 Å². The zero-order valence-corrected chi connectivity index (χ0v) is 18.1. The molecule has 2 aliphatic heterocycles. The van der Waals surface area contributed by atoms with E-state index >= 15 is 0 Å². The summed E-state index contributed by atoms with van der Waals surface area (Å²) >= 11 is 0. The third kappa shape index (κ3) is 4.49. The van der Waals surface area contributed by atoms with Gasteiger partial charge in [0.05, 0.1) is 11.7 Å². The van der Waals surface area contributed by atoms with Crippen molar-refractivity contribution in [2.75, 3.05) is 19.7 Å². The molecule has 6 nitrogen and oxygen atoms in total. The van der Waals surface area contributed by atoms with Gasteiger partial charge in [-0.2, -0.15) is 0 Å². The summed E-state index contributed by atoms with van der Waals surface area (Å²) in [5.74, 6) is -0.650. The van der Waals surface area contributed by atoms with E-state index in [2.05, 4.69) is 6.58 Å². The molecule has 0 bridgehead atoms. The Morgan fingerprint density at radius 2 is 1.96 bits per heavy atom. The molecule has 2 aliphatic rings. The van der Waals surface area contributed by atoms with Crippen LogP contribution in [-0.4, -0.2) is 53.5 Å². The van der Waals surface area contributed by atoms with Crippen LogP contribution in [0.3, 0.4) is 0 Å². The Morgan fingerprint density at radius 3 is 2.50 bits per heavy atom. The smallest absolute Gasteiger partial charge is 0.410 e. The van der Waals surface area contributed by atoms with E-state index in [-0.39, 0.29) is 24.6 Å². The van der Waals surface area contributed by atoms with Gasteiger partial charge in [-0.25, -0.2) is 9.59 Å². The third-order valence-electron chi connectivity index (χ3n) is 5.55. The quantitative estimate of drug-likeness (QED) is 0.744. The number of rotatable bonds is 3. The molecule has 1 N–H and O–H groups in total. The molecule has 0 saturated carbocycles. The molecule has 1 saturated heterocycles. The Kier molecular flexibility index (Phi) is 6.14. The van der Waals surface area contributed by atoms with Crippen molar-refractivity contribution in [3.8, 4) is 0 Å². The van der Waals surface area contributed by atoms with E-state index in [1.54, 1.807) is 4.90 Å². The zero-order chi connectivity index (χ0) is 21.4. The minimum atomic E-state index is -0.632. The molecule has 156 valence electrons. The fourth-order valence-electron chi connectivity index (χ4n) is 3.82. The van der Waals surface area contributed by atoms with Gasteiger partial charge in [0.25, 0.3) is 0 Å². The highest BCUT2D eigenvalue weighted by Crippen LogP contribution is 2.39. The maximum absolute atomic E-state index is 12.7. The molecule has 0 radical (unpaired) electrons. The average molecular weight is 392 g/mol. The van der Waals surface area contributed by atoms with Crippen molar-refractivity contribution in [2.45, 2.75) is 60.2 Å². The number of piperidine rings is 1. The van der Waals surface area contributed by atoms with Crippen LogP contribution in [0.25, 0.3) is 0 Å². The summed E-state index contributed by atoms with van der Waals surface area (Å²) in [6.45, 7) is 17.9. The first-order valence-electron chi connectivity index (χ1n) is 9.65. The molecule has 1 amide bonds. The highest BCUT2D eigenvalue weighted by Gasteiger charge is 2.44. The number of likely N-dealkylation sites (tertiary alicyclic amines) is 1. The maximum Gasteiger partial charge on any atom is 0.410 e. The molecule has 0 aliphatic carbocycles. The molecule has 2 rings (SSSR count). The van der Waals surface area contributed by atoms with E-state index in [4.69, 9.17) is 9.47 Å². The lowest BCUT2D eigenvalue weighted by Gasteiger charge is -2.47. The molecule has 0 spiro atoms. The van der Waals surface area contributed by atoms with Crippen LogP contribution < -0.4 is 0 Å². The number of aliphatic hydroxyl groups excluding tert-OH is 1. The van der Waals surface area contributed by atoms with Crippen LogP contribution in [0.4, 0.5) is 4.79 Å². The van der Waals surface area contributed by atoms with E-state index in [9.17, 15) is 14.7 Å². The summed E-state index contributed by atoms with van der Waals surface area (Å²) in [6.07, 6.45) is 0.496. The number of esters is 1. The molecule has 2 atom stereocenters. The van der Waals surface area contributed by atoms with Crippen molar-refractivity contribution >= 4 is 12.1 Å². The SMILES string of the molecule is C=CC1=C(/C(C)=C(\C)C2CN(C(=O)OC(C)(C)C)CC(C)(C)C2O)COC1=O. The van der Waals surface area contributed by atoms with Gasteiger partial charge in [-0.1, -0.05) is 32.1 Å². The van der Waals surface area contributed by atoms with Gasteiger partial charge in [-0.05, 0) is 40.2 Å². The monoisotopic (exact) mass is 391 g/mol. The van der Waals surface area contributed by atoms with Crippen LogP contribution in [-0.2, 0) is 14.3 Å². The van der Waals surface area contributed by atoms with E-state index in [1.165, 1.54) is 6.08 Å². The van der Waals surface area contributed by atoms with Crippen molar-refractivity contribution in [1.82, 2.24) is 4.90 Å². The predicted octanol–water partition coefficient (Wildman–Crippen LogP) is 3.62. The number of aliphatic hydroxyl groups is 1. The number of carbonyl (C=O) groups excluding carboxylic acids is 2. The number of cyclic esters (lactones) is 1. The summed E-state index contributed by atoms with van der Waals surface area (Å²) in [4.78, 5) is 26.2. The third-order valence-corrected chi connectivity index (χ3v) is 5.55. The second-order valence-corrected chi connectivity index (χ2v) is 9.38. The Hall–Kier alpha value is -2.08. The second kappa shape index (κ2) is 7.74. The lowest BCUT2D eigenvalue weighted by atomic mass is 9.72. The topological polar surface area (TPSA) is 76.1 Å². The van der Waals surface area contributed by atoms with Crippen molar-refractivity contribution in [3.63, 3.8) is 0 Å². The molecule has 6 heteroatoms. The number of nitrogens with zero attached hydrogens (tertiary/aromatic N) is 1. The van der Waals surface area contributed by atoms with E-state index in [0.717, 1.165) is 16.7 Å². The van der Waals surface area contributed by atoms with Gasteiger partial charge in [-0.3, -0.25) is 0 Å². The van der Waals surface area contributed by atoms with Crippen LogP contribution in [0.15, 0.2) is 34.9 Å². The van der Waals surface area contributed by atoms with Crippen LogP contribution in [0.1, 0.15) is 48.5 Å². The predicted molar refractivity (Wildman–Crippen MR) is 108 cm³/mol. The number of amides is 1. The largest absolute Gasteiger partial charge is 0.457 e. The van der Waals surface area contributed by atoms with Gasteiger partial charge in [0.1, 0.15) is 12.2 Å². The first kappa shape index (κ1) is 22.2. The van der Waals surface area contributed by atoms with Gasteiger partial charge >= 0.3 is 12.1 Å². The summed E-state index contributed by atoms with van der Waals surface area (Å²) in [6, 6.07) is 0. The zero-order valence-electron chi connectivity index (χ0n) is 18.1. The molecular formula is C22H33NO5. The minimum Gasteiger partial charge on any atom is -0.457 e. The Bertz CT molecular complexity index is 739. The Labute approximate surface area is 167 Å². The average Bonchev–Trinajstić information content (AvgIpc) is 2.94. The van der Waals surface area contributed by atoms with Crippen molar-refractivity contribution in [1.29, 1.82) is 0 Å². The van der Waals surface area contributed by atoms with Crippen molar-refractivity contribution in [3.05, 3.63) is 34.9 Å². The Balaban J connectivity index is 2.39.